The molecule has 0 aliphatic carbocycles. The second kappa shape index (κ2) is 9.24. The number of pyridine rings is 1. The lowest BCUT2D eigenvalue weighted by atomic mass is 9.91. The van der Waals surface area contributed by atoms with Gasteiger partial charge in [-0.2, -0.15) is 0 Å². The fourth-order valence-corrected chi connectivity index (χ4v) is 5.96. The summed E-state index contributed by atoms with van der Waals surface area (Å²) in [5, 5.41) is 11.7. The van der Waals surface area contributed by atoms with Gasteiger partial charge in [-0.25, -0.2) is 14.8 Å². The van der Waals surface area contributed by atoms with Crippen LogP contribution in [0.4, 0.5) is 0 Å². The average Bonchev–Trinajstić information content (AvgIpc) is 3.37. The van der Waals surface area contributed by atoms with E-state index in [9.17, 15) is 9.90 Å². The van der Waals surface area contributed by atoms with E-state index in [2.05, 4.69) is 15.5 Å². The van der Waals surface area contributed by atoms with Crippen molar-refractivity contribution in [2.45, 2.75) is 53.2 Å². The van der Waals surface area contributed by atoms with Gasteiger partial charge in [-0.1, -0.05) is 23.7 Å². The zero-order valence-corrected chi connectivity index (χ0v) is 23.2. The third-order valence-corrected chi connectivity index (χ3v) is 7.66. The first kappa shape index (κ1) is 25.4. The number of hydrogen-bond donors (Lipinski definition) is 1. The lowest BCUT2D eigenvalue weighted by Crippen LogP contribution is -2.28. The van der Waals surface area contributed by atoms with Gasteiger partial charge >= 0.3 is 5.97 Å². The Morgan fingerprint density at radius 2 is 1.76 bits per heavy atom. The normalized spacial score (nSPS) is 12.9. The Morgan fingerprint density at radius 3 is 2.41 bits per heavy atom. The van der Waals surface area contributed by atoms with Crippen LogP contribution in [-0.2, 0) is 9.53 Å². The van der Waals surface area contributed by atoms with Crippen LogP contribution >= 0.6 is 22.9 Å². The highest BCUT2D eigenvalue weighted by Crippen LogP contribution is 2.44. The van der Waals surface area contributed by atoms with Crippen molar-refractivity contribution in [1.29, 1.82) is 0 Å². The molecule has 6 nitrogen and oxygen atoms in total. The summed E-state index contributed by atoms with van der Waals surface area (Å²) < 4.78 is 9.07. The summed E-state index contributed by atoms with van der Waals surface area (Å²) in [6.07, 6.45) is 0.870. The smallest absolute Gasteiger partial charge is 0.337 e. The van der Waals surface area contributed by atoms with Crippen LogP contribution in [0.5, 0.6) is 0 Å². The number of nitrogens with zero attached hydrogens (tertiary/aromatic N) is 3. The maximum Gasteiger partial charge on any atom is 0.337 e. The van der Waals surface area contributed by atoms with Gasteiger partial charge in [0.25, 0.3) is 0 Å². The molecular weight excluding hydrogens is 506 g/mol. The van der Waals surface area contributed by atoms with E-state index >= 15 is 0 Å². The number of aliphatic carboxylic acids is 1. The summed E-state index contributed by atoms with van der Waals surface area (Å²) in [6.45, 7) is 11.5. The molecule has 5 aromatic rings. The third-order valence-electron chi connectivity index (χ3n) is 6.27. The zero-order valence-electron chi connectivity index (χ0n) is 21.6. The first-order valence-electron chi connectivity index (χ1n) is 12.0. The lowest BCUT2D eigenvalue weighted by Gasteiger charge is -2.28. The van der Waals surface area contributed by atoms with E-state index in [-0.39, 0.29) is 0 Å². The van der Waals surface area contributed by atoms with Crippen LogP contribution < -0.4 is 0 Å². The maximum absolute atomic E-state index is 12.5. The van der Waals surface area contributed by atoms with E-state index < -0.39 is 17.7 Å². The number of ether oxygens (including phenoxy) is 1. The van der Waals surface area contributed by atoms with E-state index in [0.717, 1.165) is 54.5 Å². The quantitative estimate of drug-likeness (QED) is 0.249. The molecule has 2 aromatic carbocycles. The SMILES string of the molecule is Cc1cc2nc(-c3ccn4c(C)nc(C)c4c3)sc2c(-c2ccc(Cl)cc2)c1C(OC(C)(C)C)C(=O)O. The molecule has 0 radical (unpaired) electrons. The average molecular weight is 534 g/mol. The van der Waals surface area contributed by atoms with Gasteiger partial charge < -0.3 is 14.2 Å². The number of aromatic nitrogens is 3. The van der Waals surface area contributed by atoms with Gasteiger partial charge in [-0.15, -0.1) is 11.3 Å². The molecule has 0 fully saturated rings. The highest BCUT2D eigenvalue weighted by Gasteiger charge is 2.32. The molecule has 1 unspecified atom stereocenters. The van der Waals surface area contributed by atoms with Crippen molar-refractivity contribution in [2.24, 2.45) is 0 Å². The molecule has 1 N–H and O–H groups in total. The molecule has 1 atom stereocenters. The molecule has 190 valence electrons. The molecule has 0 saturated heterocycles. The highest BCUT2D eigenvalue weighted by molar-refractivity contribution is 7.22. The topological polar surface area (TPSA) is 76.7 Å². The summed E-state index contributed by atoms with van der Waals surface area (Å²) in [4.78, 5) is 22.1. The van der Waals surface area contributed by atoms with E-state index in [4.69, 9.17) is 21.3 Å². The molecular formula is C29H28ClN3O3S. The number of imidazole rings is 1. The fourth-order valence-electron chi connectivity index (χ4n) is 4.71. The fraction of sp³-hybridized carbons (Fsp3) is 0.276. The van der Waals surface area contributed by atoms with Crippen LogP contribution in [0.25, 0.3) is 37.4 Å². The van der Waals surface area contributed by atoms with Gasteiger partial charge in [0.2, 0.25) is 0 Å². The van der Waals surface area contributed by atoms with Crippen molar-refractivity contribution in [1.82, 2.24) is 14.4 Å². The van der Waals surface area contributed by atoms with E-state index in [1.165, 1.54) is 0 Å². The second-order valence-corrected chi connectivity index (χ2v) is 11.7. The van der Waals surface area contributed by atoms with Crippen molar-refractivity contribution in [2.75, 3.05) is 0 Å². The molecule has 8 heteroatoms. The second-order valence-electron chi connectivity index (χ2n) is 10.2. The van der Waals surface area contributed by atoms with E-state index in [0.29, 0.717) is 10.6 Å². The van der Waals surface area contributed by atoms with Gasteiger partial charge in [-0.05, 0) is 83.0 Å². The molecule has 0 bridgehead atoms. The Bertz CT molecular complexity index is 1660. The van der Waals surface area contributed by atoms with Crippen molar-refractivity contribution in [3.05, 3.63) is 76.3 Å². The standard InChI is InChI=1S/C29H28ClN3O3S/c1-15-13-21-26(37-27(32-21)19-11-12-33-17(3)31-16(2)22(33)14-19)24(18-7-9-20(30)10-8-18)23(15)25(28(34)35)36-29(4,5)6/h7-14,25H,1-6H3,(H,34,35). The highest BCUT2D eigenvalue weighted by atomic mass is 35.5. The Balaban J connectivity index is 1.78. The summed E-state index contributed by atoms with van der Waals surface area (Å²) in [7, 11) is 0. The summed E-state index contributed by atoms with van der Waals surface area (Å²) in [5.74, 6) is -0.0958. The number of carbonyl (C=O) groups is 1. The van der Waals surface area contributed by atoms with Gasteiger partial charge in [0.1, 0.15) is 10.8 Å². The Hall–Kier alpha value is -3.26. The van der Waals surface area contributed by atoms with Crippen LogP contribution in [0.1, 0.15) is 49.5 Å². The molecule has 5 rings (SSSR count). The first-order chi connectivity index (χ1) is 17.4. The monoisotopic (exact) mass is 533 g/mol. The van der Waals surface area contributed by atoms with Crippen LogP contribution in [0, 0.1) is 20.8 Å². The summed E-state index contributed by atoms with van der Waals surface area (Å²) >= 11 is 7.74. The molecule has 37 heavy (non-hydrogen) atoms. The maximum atomic E-state index is 12.5. The Kier molecular flexibility index (Phi) is 6.34. The number of thiazole rings is 1. The van der Waals surface area contributed by atoms with E-state index in [1.807, 2.05) is 84.1 Å². The van der Waals surface area contributed by atoms with Gasteiger partial charge in [0.05, 0.1) is 27.0 Å². The molecule has 0 amide bonds. The predicted molar refractivity (Wildman–Crippen MR) is 150 cm³/mol. The van der Waals surface area contributed by atoms with Gasteiger partial charge in [-0.3, -0.25) is 0 Å². The molecule has 0 saturated carbocycles. The van der Waals surface area contributed by atoms with Crippen LogP contribution in [-0.4, -0.2) is 31.0 Å². The molecule has 0 aliphatic heterocycles. The molecule has 3 heterocycles. The van der Waals surface area contributed by atoms with Crippen LogP contribution in [0.3, 0.4) is 0 Å². The van der Waals surface area contributed by atoms with Crippen molar-refractivity contribution >= 4 is 44.6 Å². The van der Waals surface area contributed by atoms with Crippen LogP contribution in [0.2, 0.25) is 5.02 Å². The van der Waals surface area contributed by atoms with Crippen LogP contribution in [0.15, 0.2) is 48.7 Å². The first-order valence-corrected chi connectivity index (χ1v) is 13.2. The van der Waals surface area contributed by atoms with Gasteiger partial charge in [0, 0.05) is 27.9 Å². The van der Waals surface area contributed by atoms with Crippen molar-refractivity contribution in [3.63, 3.8) is 0 Å². The number of rotatable bonds is 5. The number of halogens is 1. The third kappa shape index (κ3) is 4.75. The van der Waals surface area contributed by atoms with Crippen molar-refractivity contribution < 1.29 is 14.6 Å². The number of carboxylic acids is 1. The number of benzene rings is 2. The summed E-state index contributed by atoms with van der Waals surface area (Å²) in [6, 6.07) is 13.6. The minimum absolute atomic E-state index is 0.611. The largest absolute Gasteiger partial charge is 0.479 e. The Morgan fingerprint density at radius 1 is 1.05 bits per heavy atom. The number of aryl methyl sites for hydroxylation is 3. The van der Waals surface area contributed by atoms with Gasteiger partial charge in [0.15, 0.2) is 6.10 Å². The van der Waals surface area contributed by atoms with Crippen molar-refractivity contribution in [3.8, 4) is 21.7 Å². The number of fused-ring (bicyclic) bond motifs is 2. The Labute approximate surface area is 224 Å². The lowest BCUT2D eigenvalue weighted by molar-refractivity contribution is -0.160. The molecule has 0 aliphatic rings. The zero-order chi connectivity index (χ0) is 26.6. The molecule has 0 spiro atoms. The number of carboxylic acid groups (broad SMARTS) is 1. The van der Waals surface area contributed by atoms with E-state index in [1.54, 1.807) is 11.3 Å². The minimum atomic E-state index is -1.14. The molecule has 3 aromatic heterocycles. The minimum Gasteiger partial charge on any atom is -0.479 e. The number of hydrogen-bond acceptors (Lipinski definition) is 5. The predicted octanol–water partition coefficient (Wildman–Crippen LogP) is 7.80. The summed E-state index contributed by atoms with van der Waals surface area (Å²) in [5.41, 5.74) is 6.25.